The molecule has 4 aromatic rings. The number of aryl methyl sites for hydroxylation is 1. The Bertz CT molecular complexity index is 1370. The summed E-state index contributed by atoms with van der Waals surface area (Å²) in [5.74, 6) is 0.105. The van der Waals surface area contributed by atoms with Crippen LogP contribution in [-0.4, -0.2) is 30.8 Å². The van der Waals surface area contributed by atoms with Gasteiger partial charge in [-0.25, -0.2) is 0 Å². The van der Waals surface area contributed by atoms with Crippen LogP contribution in [0.15, 0.2) is 52.4 Å². The van der Waals surface area contributed by atoms with Gasteiger partial charge in [0, 0.05) is 12.1 Å². The van der Waals surface area contributed by atoms with Crippen molar-refractivity contribution in [3.63, 3.8) is 0 Å². The second kappa shape index (κ2) is 7.58. The summed E-state index contributed by atoms with van der Waals surface area (Å²) in [4.78, 5) is 24.9. The monoisotopic (exact) mass is 424 g/mol. The minimum Gasteiger partial charge on any atom is -0.324 e. The first-order valence-corrected chi connectivity index (χ1v) is 9.81. The molecule has 29 heavy (non-hydrogen) atoms. The summed E-state index contributed by atoms with van der Waals surface area (Å²) in [6, 6.07) is 13.8. The van der Waals surface area contributed by atoms with Gasteiger partial charge in [0.15, 0.2) is 5.16 Å². The predicted octanol–water partition coefficient (Wildman–Crippen LogP) is 2.84. The molecule has 0 spiro atoms. The van der Waals surface area contributed by atoms with Crippen LogP contribution in [0.2, 0.25) is 5.02 Å². The fourth-order valence-corrected chi connectivity index (χ4v) is 3.85. The third kappa shape index (κ3) is 3.44. The van der Waals surface area contributed by atoms with Gasteiger partial charge in [-0.1, -0.05) is 35.5 Å². The number of carbonyl (C=O) groups excluding carboxylic acids is 1. The lowest BCUT2D eigenvalue weighted by atomic mass is 10.2. The zero-order chi connectivity index (χ0) is 20.5. The second-order valence-electron chi connectivity index (χ2n) is 6.14. The van der Waals surface area contributed by atoms with Crippen LogP contribution in [0, 0.1) is 11.3 Å². The molecule has 10 heteroatoms. The van der Waals surface area contributed by atoms with E-state index < -0.39 is 0 Å². The number of benzene rings is 2. The van der Waals surface area contributed by atoms with Crippen molar-refractivity contribution >= 4 is 51.6 Å². The molecule has 2 aromatic heterocycles. The van der Waals surface area contributed by atoms with Gasteiger partial charge >= 0.3 is 0 Å². The van der Waals surface area contributed by atoms with Crippen LogP contribution in [0.1, 0.15) is 5.56 Å². The fraction of sp³-hybridized carbons (Fsp3) is 0.105. The number of amides is 1. The van der Waals surface area contributed by atoms with E-state index in [4.69, 9.17) is 11.6 Å². The average molecular weight is 425 g/mol. The number of hydrogen-bond donors (Lipinski definition) is 1. The van der Waals surface area contributed by atoms with Gasteiger partial charge in [-0.15, -0.1) is 10.2 Å². The summed E-state index contributed by atoms with van der Waals surface area (Å²) in [5, 5.41) is 21.5. The van der Waals surface area contributed by atoms with Crippen molar-refractivity contribution in [2.24, 2.45) is 7.05 Å². The molecule has 1 amide bonds. The van der Waals surface area contributed by atoms with Crippen molar-refractivity contribution in [3.05, 3.63) is 63.4 Å². The lowest BCUT2D eigenvalue weighted by molar-refractivity contribution is -0.113. The first-order chi connectivity index (χ1) is 14.0. The van der Waals surface area contributed by atoms with Gasteiger partial charge < -0.3 is 5.32 Å². The van der Waals surface area contributed by atoms with Crippen molar-refractivity contribution in [2.75, 3.05) is 11.1 Å². The molecule has 0 bridgehead atoms. The fourth-order valence-electron chi connectivity index (χ4n) is 2.94. The number of aromatic nitrogens is 4. The van der Waals surface area contributed by atoms with Crippen molar-refractivity contribution in [3.8, 4) is 6.07 Å². The predicted molar refractivity (Wildman–Crippen MR) is 111 cm³/mol. The molecule has 8 nitrogen and oxygen atoms in total. The number of carbonyl (C=O) groups is 1. The van der Waals surface area contributed by atoms with Gasteiger partial charge in [0.2, 0.25) is 11.7 Å². The van der Waals surface area contributed by atoms with E-state index in [0.717, 1.165) is 0 Å². The summed E-state index contributed by atoms with van der Waals surface area (Å²) in [7, 11) is 1.63. The zero-order valence-electron chi connectivity index (χ0n) is 15.1. The lowest BCUT2D eigenvalue weighted by Gasteiger charge is -2.08. The molecule has 0 aliphatic carbocycles. The van der Waals surface area contributed by atoms with E-state index in [1.165, 1.54) is 22.4 Å². The molecular weight excluding hydrogens is 412 g/mol. The molecule has 2 heterocycles. The first-order valence-electron chi connectivity index (χ1n) is 8.45. The third-order valence-corrected chi connectivity index (χ3v) is 5.47. The minimum atomic E-state index is -0.320. The molecule has 144 valence electrons. The third-order valence-electron chi connectivity index (χ3n) is 4.30. The molecule has 0 radical (unpaired) electrons. The highest BCUT2D eigenvalue weighted by Crippen LogP contribution is 2.23. The Balaban J connectivity index is 1.63. The molecule has 0 atom stereocenters. The normalized spacial score (nSPS) is 10.9. The standard InChI is InChI=1S/C19H13ClN6O2S/c1-25-17(28)13-4-2-3-5-15(13)26-18(25)23-24-19(26)29-10-16(27)22-14-8-12(20)7-6-11(14)9-21/h2-8H,10H2,1H3,(H,22,27). The average Bonchev–Trinajstić information content (AvgIpc) is 3.15. The van der Waals surface area contributed by atoms with Gasteiger partial charge in [-0.3, -0.25) is 18.6 Å². The maximum atomic E-state index is 12.5. The van der Waals surface area contributed by atoms with Crippen LogP contribution in [0.4, 0.5) is 5.69 Å². The van der Waals surface area contributed by atoms with Crippen LogP contribution < -0.4 is 10.9 Å². The topological polar surface area (TPSA) is 105 Å². The number of para-hydroxylation sites is 1. The van der Waals surface area contributed by atoms with E-state index in [0.29, 0.717) is 38.1 Å². The molecule has 0 saturated carbocycles. The van der Waals surface area contributed by atoms with Crippen LogP contribution in [0.25, 0.3) is 16.7 Å². The lowest BCUT2D eigenvalue weighted by Crippen LogP contribution is -2.20. The number of fused-ring (bicyclic) bond motifs is 3. The molecule has 1 N–H and O–H groups in total. The van der Waals surface area contributed by atoms with Gasteiger partial charge in [-0.2, -0.15) is 5.26 Å². The Kier molecular flexibility index (Phi) is 4.96. The molecule has 0 aliphatic heterocycles. The summed E-state index contributed by atoms with van der Waals surface area (Å²) < 4.78 is 3.17. The summed E-state index contributed by atoms with van der Waals surface area (Å²) in [6.07, 6.45) is 0. The second-order valence-corrected chi connectivity index (χ2v) is 7.52. The van der Waals surface area contributed by atoms with E-state index in [9.17, 15) is 14.9 Å². The first kappa shape index (κ1) is 19.0. The quantitative estimate of drug-likeness (QED) is 0.505. The smallest absolute Gasteiger partial charge is 0.262 e. The Morgan fingerprint density at radius 2 is 2.07 bits per heavy atom. The Hall–Kier alpha value is -3.35. The zero-order valence-corrected chi connectivity index (χ0v) is 16.7. The molecule has 2 aromatic carbocycles. The molecule has 0 aliphatic rings. The number of hydrogen-bond acceptors (Lipinski definition) is 6. The van der Waals surface area contributed by atoms with Crippen molar-refractivity contribution in [2.45, 2.75) is 5.16 Å². The molecule has 0 saturated heterocycles. The van der Waals surface area contributed by atoms with Gasteiger partial charge in [-0.05, 0) is 30.3 Å². The maximum Gasteiger partial charge on any atom is 0.262 e. The number of rotatable bonds is 4. The van der Waals surface area contributed by atoms with E-state index in [-0.39, 0.29) is 17.2 Å². The Morgan fingerprint density at radius 3 is 2.86 bits per heavy atom. The molecular formula is C19H13ClN6O2S. The minimum absolute atomic E-state index is 0.0370. The number of nitrogens with one attached hydrogen (secondary N) is 1. The number of nitrogens with zero attached hydrogens (tertiary/aromatic N) is 5. The molecule has 0 unspecified atom stereocenters. The van der Waals surface area contributed by atoms with E-state index in [1.807, 2.05) is 18.2 Å². The van der Waals surface area contributed by atoms with Crippen LogP contribution in [0.5, 0.6) is 0 Å². The number of thioether (sulfide) groups is 1. The molecule has 0 fully saturated rings. The van der Waals surface area contributed by atoms with E-state index >= 15 is 0 Å². The largest absolute Gasteiger partial charge is 0.324 e. The number of halogens is 1. The highest BCUT2D eigenvalue weighted by atomic mass is 35.5. The van der Waals surface area contributed by atoms with E-state index in [2.05, 4.69) is 15.5 Å². The Morgan fingerprint density at radius 1 is 1.28 bits per heavy atom. The number of nitriles is 1. The van der Waals surface area contributed by atoms with Gasteiger partial charge in [0.1, 0.15) is 6.07 Å². The van der Waals surface area contributed by atoms with Gasteiger partial charge in [0.25, 0.3) is 5.56 Å². The van der Waals surface area contributed by atoms with Crippen LogP contribution in [0.3, 0.4) is 0 Å². The van der Waals surface area contributed by atoms with Crippen molar-refractivity contribution in [1.82, 2.24) is 19.2 Å². The summed E-state index contributed by atoms with van der Waals surface area (Å²) in [6.45, 7) is 0. The SMILES string of the molecule is Cn1c(=O)c2ccccc2n2c(SCC(=O)Nc3cc(Cl)ccc3C#N)nnc12. The highest BCUT2D eigenvalue weighted by Gasteiger charge is 2.16. The van der Waals surface area contributed by atoms with Crippen LogP contribution in [-0.2, 0) is 11.8 Å². The van der Waals surface area contributed by atoms with E-state index in [1.54, 1.807) is 35.7 Å². The maximum absolute atomic E-state index is 12.5. The molecule has 4 rings (SSSR count). The van der Waals surface area contributed by atoms with Gasteiger partial charge in [0.05, 0.1) is 27.9 Å². The summed E-state index contributed by atoms with van der Waals surface area (Å²) >= 11 is 7.13. The van der Waals surface area contributed by atoms with Crippen molar-refractivity contribution < 1.29 is 4.79 Å². The highest BCUT2D eigenvalue weighted by molar-refractivity contribution is 7.99. The Labute approximate surface area is 173 Å². The van der Waals surface area contributed by atoms with Crippen molar-refractivity contribution in [1.29, 1.82) is 5.26 Å². The van der Waals surface area contributed by atoms with Crippen LogP contribution >= 0.6 is 23.4 Å². The number of anilines is 1. The summed E-state index contributed by atoms with van der Waals surface area (Å²) in [5.41, 5.74) is 1.17.